The first-order valence-corrected chi connectivity index (χ1v) is 6.93. The Balaban J connectivity index is 1.70. The number of anilines is 1. The fraction of sp³-hybridized carbons (Fsp3) is 0.417. The van der Waals surface area contributed by atoms with Crippen LogP contribution in [0.1, 0.15) is 6.42 Å². The topological polar surface area (TPSA) is 16.1 Å². The van der Waals surface area contributed by atoms with E-state index in [0.29, 0.717) is 18.2 Å². The number of nitrogens with zero attached hydrogens (tertiary/aromatic N) is 2. The summed E-state index contributed by atoms with van der Waals surface area (Å²) in [5.74, 6) is -2.46. The van der Waals surface area contributed by atoms with Crippen molar-refractivity contribution in [3.05, 3.63) is 22.7 Å². The van der Waals surface area contributed by atoms with Gasteiger partial charge in [0.25, 0.3) is 5.92 Å². The summed E-state index contributed by atoms with van der Waals surface area (Å²) in [5, 5.41) is 3.37. The molecule has 0 amide bonds. The molecule has 0 N–H and O–H groups in total. The summed E-state index contributed by atoms with van der Waals surface area (Å²) in [5.41, 5.74) is 0.171. The molecular formula is C12H9ClF2N2S. The fourth-order valence-corrected chi connectivity index (χ4v) is 3.76. The molecule has 6 heteroatoms. The molecule has 1 saturated carbocycles. The SMILES string of the molecule is FC1(F)CC12CN(c1cc(Cl)nc3sccc13)C2. The lowest BCUT2D eigenvalue weighted by molar-refractivity contribution is 0.0521. The zero-order valence-corrected chi connectivity index (χ0v) is 10.9. The van der Waals surface area contributed by atoms with Crippen molar-refractivity contribution in [3.63, 3.8) is 0 Å². The highest BCUT2D eigenvalue weighted by atomic mass is 35.5. The molecule has 2 nitrogen and oxygen atoms in total. The summed E-state index contributed by atoms with van der Waals surface area (Å²) in [7, 11) is 0. The summed E-state index contributed by atoms with van der Waals surface area (Å²) in [6.45, 7) is 0.844. The summed E-state index contributed by atoms with van der Waals surface area (Å²) >= 11 is 7.48. The molecule has 94 valence electrons. The first kappa shape index (κ1) is 10.9. The lowest BCUT2D eigenvalue weighted by atomic mass is 9.95. The Labute approximate surface area is 111 Å². The normalized spacial score (nSPS) is 23.4. The van der Waals surface area contributed by atoms with Crippen LogP contribution in [0, 0.1) is 5.41 Å². The van der Waals surface area contributed by atoms with Crippen LogP contribution in [-0.4, -0.2) is 24.0 Å². The Morgan fingerprint density at radius 2 is 2.11 bits per heavy atom. The smallest absolute Gasteiger partial charge is 0.258 e. The molecule has 3 heterocycles. The zero-order valence-electron chi connectivity index (χ0n) is 9.29. The highest BCUT2D eigenvalue weighted by Gasteiger charge is 2.75. The molecule has 1 aliphatic carbocycles. The third kappa shape index (κ3) is 1.29. The molecule has 0 bridgehead atoms. The van der Waals surface area contributed by atoms with E-state index in [2.05, 4.69) is 4.98 Å². The van der Waals surface area contributed by atoms with E-state index < -0.39 is 11.3 Å². The summed E-state index contributed by atoms with van der Waals surface area (Å²) in [6.07, 6.45) is 0.0299. The standard InChI is InChI=1S/C12H9ClF2N2S/c13-9-3-8(7-1-2-18-10(7)16-9)17-5-11(6-17)4-12(11,14)15/h1-3H,4-6H2. The van der Waals surface area contributed by atoms with Crippen molar-refractivity contribution < 1.29 is 8.78 Å². The molecule has 0 atom stereocenters. The Morgan fingerprint density at radius 3 is 2.78 bits per heavy atom. The van der Waals surface area contributed by atoms with Crippen LogP contribution in [0.3, 0.4) is 0 Å². The lowest BCUT2D eigenvalue weighted by Crippen LogP contribution is -2.51. The van der Waals surface area contributed by atoms with Crippen molar-refractivity contribution in [2.24, 2.45) is 5.41 Å². The molecular weight excluding hydrogens is 278 g/mol. The van der Waals surface area contributed by atoms with E-state index in [4.69, 9.17) is 11.6 Å². The van der Waals surface area contributed by atoms with Crippen molar-refractivity contribution in [2.75, 3.05) is 18.0 Å². The predicted octanol–water partition coefficient (Wildman–Crippen LogP) is 3.80. The van der Waals surface area contributed by atoms with Crippen LogP contribution in [0.2, 0.25) is 5.15 Å². The maximum Gasteiger partial charge on any atom is 0.258 e. The Morgan fingerprint density at radius 1 is 1.39 bits per heavy atom. The number of thiophene rings is 1. The van der Waals surface area contributed by atoms with Gasteiger partial charge in [-0.15, -0.1) is 11.3 Å². The molecule has 4 rings (SSSR count). The van der Waals surface area contributed by atoms with Crippen molar-refractivity contribution in [3.8, 4) is 0 Å². The Kier molecular flexibility index (Phi) is 1.91. The number of halogens is 3. The molecule has 0 unspecified atom stereocenters. The van der Waals surface area contributed by atoms with E-state index in [9.17, 15) is 8.78 Å². The molecule has 0 radical (unpaired) electrons. The number of hydrogen-bond donors (Lipinski definition) is 0. The van der Waals surface area contributed by atoms with Crippen LogP contribution in [-0.2, 0) is 0 Å². The summed E-state index contributed by atoms with van der Waals surface area (Å²) < 4.78 is 26.4. The Bertz CT molecular complexity index is 649. The number of rotatable bonds is 1. The fourth-order valence-electron chi connectivity index (χ4n) is 2.74. The van der Waals surface area contributed by atoms with E-state index in [-0.39, 0.29) is 6.42 Å². The monoisotopic (exact) mass is 286 g/mol. The second kappa shape index (κ2) is 3.14. The molecule has 0 aromatic carbocycles. The minimum Gasteiger partial charge on any atom is -0.369 e. The number of hydrogen-bond acceptors (Lipinski definition) is 3. The van der Waals surface area contributed by atoms with Crippen LogP contribution in [0.15, 0.2) is 17.5 Å². The molecule has 2 aliphatic rings. The van der Waals surface area contributed by atoms with E-state index in [1.54, 1.807) is 6.07 Å². The van der Waals surface area contributed by atoms with Crippen molar-refractivity contribution in [1.82, 2.24) is 4.98 Å². The molecule has 18 heavy (non-hydrogen) atoms. The third-order valence-electron chi connectivity index (χ3n) is 3.92. The van der Waals surface area contributed by atoms with Gasteiger partial charge in [0, 0.05) is 24.9 Å². The molecule has 2 aromatic heterocycles. The van der Waals surface area contributed by atoms with E-state index in [1.807, 2.05) is 16.3 Å². The quantitative estimate of drug-likeness (QED) is 0.742. The molecule has 1 saturated heterocycles. The van der Waals surface area contributed by atoms with Gasteiger partial charge in [-0.3, -0.25) is 0 Å². The van der Waals surface area contributed by atoms with E-state index >= 15 is 0 Å². The van der Waals surface area contributed by atoms with Crippen LogP contribution in [0.5, 0.6) is 0 Å². The zero-order chi connectivity index (χ0) is 12.5. The van der Waals surface area contributed by atoms with Gasteiger partial charge in [0.1, 0.15) is 9.98 Å². The second-order valence-corrected chi connectivity index (χ2v) is 6.40. The highest BCUT2D eigenvalue weighted by Crippen LogP contribution is 2.65. The number of aromatic nitrogens is 1. The predicted molar refractivity (Wildman–Crippen MR) is 68.8 cm³/mol. The second-order valence-electron chi connectivity index (χ2n) is 5.12. The van der Waals surface area contributed by atoms with Gasteiger partial charge in [0.2, 0.25) is 0 Å². The summed E-state index contributed by atoms with van der Waals surface area (Å²) in [4.78, 5) is 7.06. The maximum absolute atomic E-state index is 13.2. The largest absolute Gasteiger partial charge is 0.369 e. The van der Waals surface area contributed by atoms with Gasteiger partial charge in [0.05, 0.1) is 11.1 Å². The van der Waals surface area contributed by atoms with Crippen molar-refractivity contribution >= 4 is 38.8 Å². The van der Waals surface area contributed by atoms with Gasteiger partial charge >= 0.3 is 0 Å². The molecule has 2 fully saturated rings. The van der Waals surface area contributed by atoms with Crippen molar-refractivity contribution in [1.29, 1.82) is 0 Å². The average molecular weight is 287 g/mol. The molecule has 1 spiro atoms. The number of alkyl halides is 2. The van der Waals surface area contributed by atoms with E-state index in [1.165, 1.54) is 11.3 Å². The first-order chi connectivity index (χ1) is 8.51. The van der Waals surface area contributed by atoms with Gasteiger partial charge in [-0.1, -0.05) is 11.6 Å². The van der Waals surface area contributed by atoms with Gasteiger partial charge in [0.15, 0.2) is 0 Å². The van der Waals surface area contributed by atoms with Gasteiger partial charge in [-0.05, 0) is 17.5 Å². The lowest BCUT2D eigenvalue weighted by Gasteiger charge is -2.42. The van der Waals surface area contributed by atoms with Crippen LogP contribution < -0.4 is 4.90 Å². The molecule has 2 aromatic rings. The van der Waals surface area contributed by atoms with Crippen LogP contribution in [0.4, 0.5) is 14.5 Å². The maximum atomic E-state index is 13.2. The van der Waals surface area contributed by atoms with Gasteiger partial charge in [-0.25, -0.2) is 13.8 Å². The van der Waals surface area contributed by atoms with Gasteiger partial charge in [-0.2, -0.15) is 0 Å². The highest BCUT2D eigenvalue weighted by molar-refractivity contribution is 7.16. The Hall–Kier alpha value is -0.940. The van der Waals surface area contributed by atoms with E-state index in [0.717, 1.165) is 15.9 Å². The number of pyridine rings is 1. The average Bonchev–Trinajstić information content (AvgIpc) is 2.64. The summed E-state index contributed by atoms with van der Waals surface area (Å²) in [6, 6.07) is 3.73. The van der Waals surface area contributed by atoms with Crippen molar-refractivity contribution in [2.45, 2.75) is 12.3 Å². The third-order valence-corrected chi connectivity index (χ3v) is 4.92. The minimum atomic E-state index is -2.46. The molecule has 1 aliphatic heterocycles. The van der Waals surface area contributed by atoms with Crippen LogP contribution >= 0.6 is 22.9 Å². The minimum absolute atomic E-state index is 0.0299. The van der Waals surface area contributed by atoms with Crippen LogP contribution in [0.25, 0.3) is 10.2 Å². The van der Waals surface area contributed by atoms with Gasteiger partial charge < -0.3 is 4.90 Å². The number of fused-ring (bicyclic) bond motifs is 1. The first-order valence-electron chi connectivity index (χ1n) is 5.67.